The van der Waals surface area contributed by atoms with E-state index in [0.29, 0.717) is 0 Å². The maximum absolute atomic E-state index is 4.96. The molecule has 2 aliphatic rings. The molecule has 1 aromatic heterocycles. The lowest BCUT2D eigenvalue weighted by Gasteiger charge is -2.34. The number of anilines is 2. The van der Waals surface area contributed by atoms with Crippen LogP contribution in [0.3, 0.4) is 0 Å². The van der Waals surface area contributed by atoms with E-state index in [1.807, 2.05) is 0 Å². The molecule has 0 radical (unpaired) electrons. The number of hydrogen-bond donors (Lipinski definition) is 0. The Hall–Kier alpha value is -2.10. The summed E-state index contributed by atoms with van der Waals surface area (Å²) in [6.07, 6.45) is 6.19. The molecule has 0 saturated carbocycles. The van der Waals surface area contributed by atoms with Gasteiger partial charge in [0.2, 0.25) is 5.95 Å². The zero-order chi connectivity index (χ0) is 18.6. The first-order chi connectivity index (χ1) is 13.2. The first-order valence-electron chi connectivity index (χ1n) is 10.6. The van der Waals surface area contributed by atoms with Gasteiger partial charge in [-0.3, -0.25) is 0 Å². The highest BCUT2D eigenvalue weighted by atomic mass is 15.3. The van der Waals surface area contributed by atoms with Gasteiger partial charge in [-0.15, -0.1) is 0 Å². The molecule has 0 unspecified atom stereocenters. The van der Waals surface area contributed by atoms with E-state index in [9.17, 15) is 0 Å². The Morgan fingerprint density at radius 1 is 0.889 bits per heavy atom. The van der Waals surface area contributed by atoms with Crippen LogP contribution < -0.4 is 9.80 Å². The molecular formula is C23H32N4. The van der Waals surface area contributed by atoms with E-state index in [1.165, 1.54) is 37.7 Å². The van der Waals surface area contributed by atoms with Gasteiger partial charge >= 0.3 is 0 Å². The summed E-state index contributed by atoms with van der Waals surface area (Å²) >= 11 is 0. The number of benzene rings is 1. The van der Waals surface area contributed by atoms with Crippen molar-refractivity contribution in [3.63, 3.8) is 0 Å². The van der Waals surface area contributed by atoms with E-state index in [-0.39, 0.29) is 0 Å². The number of aryl methyl sites for hydroxylation is 1. The molecule has 0 amide bonds. The van der Waals surface area contributed by atoms with E-state index < -0.39 is 0 Å². The van der Waals surface area contributed by atoms with Crippen molar-refractivity contribution in [1.82, 2.24) is 9.97 Å². The first kappa shape index (κ1) is 18.3. The SMILES string of the molecule is Cc1cc(N2CCC(Cc3ccccc3)CC2)nc(N2CCC(C)CC2)n1. The molecule has 0 atom stereocenters. The molecule has 2 fully saturated rings. The molecule has 2 saturated heterocycles. The third kappa shape index (κ3) is 4.60. The zero-order valence-corrected chi connectivity index (χ0v) is 16.8. The Morgan fingerprint density at radius 2 is 1.56 bits per heavy atom. The fourth-order valence-electron chi connectivity index (χ4n) is 4.36. The van der Waals surface area contributed by atoms with Gasteiger partial charge in [0.15, 0.2) is 0 Å². The van der Waals surface area contributed by atoms with Crippen LogP contribution in [0.4, 0.5) is 11.8 Å². The summed E-state index contributed by atoms with van der Waals surface area (Å²) in [6, 6.07) is 13.1. The van der Waals surface area contributed by atoms with Gasteiger partial charge in [-0.2, -0.15) is 4.98 Å². The minimum absolute atomic E-state index is 0.787. The third-order valence-electron chi connectivity index (χ3n) is 6.20. The highest BCUT2D eigenvalue weighted by Gasteiger charge is 2.23. The van der Waals surface area contributed by atoms with E-state index >= 15 is 0 Å². The molecule has 2 aliphatic heterocycles. The first-order valence-corrected chi connectivity index (χ1v) is 10.6. The topological polar surface area (TPSA) is 32.3 Å². The number of rotatable bonds is 4. The van der Waals surface area contributed by atoms with Crippen molar-refractivity contribution in [2.45, 2.75) is 46.0 Å². The van der Waals surface area contributed by atoms with Crippen molar-refractivity contribution in [2.24, 2.45) is 11.8 Å². The summed E-state index contributed by atoms with van der Waals surface area (Å²) in [5.74, 6) is 3.67. The van der Waals surface area contributed by atoms with Crippen LogP contribution in [0, 0.1) is 18.8 Å². The Balaban J connectivity index is 1.39. The van der Waals surface area contributed by atoms with Crippen LogP contribution in [0.1, 0.15) is 43.9 Å². The molecule has 2 aromatic rings. The van der Waals surface area contributed by atoms with Crippen molar-refractivity contribution >= 4 is 11.8 Å². The van der Waals surface area contributed by atoms with Crippen molar-refractivity contribution < 1.29 is 0 Å². The lowest BCUT2D eigenvalue weighted by Crippen LogP contribution is -2.37. The van der Waals surface area contributed by atoms with Gasteiger partial charge in [-0.05, 0) is 56.4 Å². The van der Waals surface area contributed by atoms with E-state index in [2.05, 4.69) is 60.0 Å². The molecule has 0 spiro atoms. The summed E-state index contributed by atoms with van der Waals surface area (Å²) in [5, 5.41) is 0. The normalized spacial score (nSPS) is 19.5. The lowest BCUT2D eigenvalue weighted by molar-refractivity contribution is 0.401. The van der Waals surface area contributed by atoms with Gasteiger partial charge in [-0.25, -0.2) is 4.98 Å². The molecule has 4 nitrogen and oxygen atoms in total. The van der Waals surface area contributed by atoms with Crippen LogP contribution in [-0.4, -0.2) is 36.1 Å². The maximum atomic E-state index is 4.96. The molecule has 1 aromatic carbocycles. The molecule has 0 N–H and O–H groups in total. The van der Waals surface area contributed by atoms with Crippen LogP contribution in [0.5, 0.6) is 0 Å². The van der Waals surface area contributed by atoms with Gasteiger partial charge in [0.25, 0.3) is 0 Å². The highest BCUT2D eigenvalue weighted by Crippen LogP contribution is 2.27. The molecule has 3 heterocycles. The predicted octanol–water partition coefficient (Wildman–Crippen LogP) is 4.48. The molecule has 144 valence electrons. The van der Waals surface area contributed by atoms with Crippen LogP contribution >= 0.6 is 0 Å². The number of piperidine rings is 2. The number of aromatic nitrogens is 2. The largest absolute Gasteiger partial charge is 0.356 e. The van der Waals surface area contributed by atoms with Crippen molar-refractivity contribution in [3.05, 3.63) is 47.7 Å². The van der Waals surface area contributed by atoms with Crippen LogP contribution in [0.15, 0.2) is 36.4 Å². The molecule has 0 aliphatic carbocycles. The Labute approximate surface area is 163 Å². The predicted molar refractivity (Wildman–Crippen MR) is 112 cm³/mol. The highest BCUT2D eigenvalue weighted by molar-refractivity contribution is 5.46. The summed E-state index contributed by atoms with van der Waals surface area (Å²) in [5.41, 5.74) is 2.55. The van der Waals surface area contributed by atoms with E-state index in [4.69, 9.17) is 9.97 Å². The standard InChI is InChI=1S/C23H32N4/c1-18-8-12-27(13-9-18)23-24-19(2)16-22(25-23)26-14-10-21(11-15-26)17-20-6-4-3-5-7-20/h3-7,16,18,21H,8-15,17H2,1-2H3. The number of nitrogens with zero attached hydrogens (tertiary/aromatic N) is 4. The van der Waals surface area contributed by atoms with Gasteiger partial charge in [0.1, 0.15) is 5.82 Å². The second kappa shape index (κ2) is 8.28. The Kier molecular flexibility index (Phi) is 5.61. The fraction of sp³-hybridized carbons (Fsp3) is 0.565. The number of hydrogen-bond acceptors (Lipinski definition) is 4. The van der Waals surface area contributed by atoms with Crippen LogP contribution in [-0.2, 0) is 6.42 Å². The Morgan fingerprint density at radius 3 is 2.26 bits per heavy atom. The zero-order valence-electron chi connectivity index (χ0n) is 16.8. The lowest BCUT2D eigenvalue weighted by atomic mass is 9.90. The monoisotopic (exact) mass is 364 g/mol. The second-order valence-corrected chi connectivity index (χ2v) is 8.46. The third-order valence-corrected chi connectivity index (χ3v) is 6.20. The summed E-state index contributed by atoms with van der Waals surface area (Å²) in [7, 11) is 0. The van der Waals surface area contributed by atoms with Crippen LogP contribution in [0.2, 0.25) is 0 Å². The molecule has 4 rings (SSSR count). The van der Waals surface area contributed by atoms with Crippen molar-refractivity contribution in [3.8, 4) is 0 Å². The van der Waals surface area contributed by atoms with E-state index in [1.54, 1.807) is 0 Å². The summed E-state index contributed by atoms with van der Waals surface area (Å²) < 4.78 is 0. The fourth-order valence-corrected chi connectivity index (χ4v) is 4.36. The minimum Gasteiger partial charge on any atom is -0.356 e. The quantitative estimate of drug-likeness (QED) is 0.801. The molecule has 4 heteroatoms. The molecule has 27 heavy (non-hydrogen) atoms. The summed E-state index contributed by atoms with van der Waals surface area (Å²) in [6.45, 7) is 8.82. The van der Waals surface area contributed by atoms with Gasteiger partial charge in [0.05, 0.1) is 0 Å². The van der Waals surface area contributed by atoms with E-state index in [0.717, 1.165) is 55.5 Å². The maximum Gasteiger partial charge on any atom is 0.227 e. The van der Waals surface area contributed by atoms with Crippen LogP contribution in [0.25, 0.3) is 0 Å². The average Bonchev–Trinajstić information content (AvgIpc) is 2.69. The molecular weight excluding hydrogens is 332 g/mol. The second-order valence-electron chi connectivity index (χ2n) is 8.46. The Bertz CT molecular complexity index is 729. The van der Waals surface area contributed by atoms with Gasteiger partial charge in [-0.1, -0.05) is 37.3 Å². The average molecular weight is 365 g/mol. The summed E-state index contributed by atoms with van der Waals surface area (Å²) in [4.78, 5) is 14.5. The molecule has 0 bridgehead atoms. The minimum atomic E-state index is 0.787. The van der Waals surface area contributed by atoms with Crippen molar-refractivity contribution in [1.29, 1.82) is 0 Å². The smallest absolute Gasteiger partial charge is 0.227 e. The van der Waals surface area contributed by atoms with Gasteiger partial charge in [0, 0.05) is 37.9 Å². The van der Waals surface area contributed by atoms with Crippen molar-refractivity contribution in [2.75, 3.05) is 36.0 Å². The van der Waals surface area contributed by atoms with Gasteiger partial charge < -0.3 is 9.80 Å².